The van der Waals surface area contributed by atoms with Gasteiger partial charge in [-0.15, -0.1) is 0 Å². The molecule has 0 aromatic heterocycles. The van der Waals surface area contributed by atoms with E-state index in [-0.39, 0.29) is 5.69 Å². The van der Waals surface area contributed by atoms with Crippen molar-refractivity contribution in [3.63, 3.8) is 0 Å². The lowest BCUT2D eigenvalue weighted by atomic mass is 10.2. The maximum Gasteiger partial charge on any atom is 0.272 e. The maximum absolute atomic E-state index is 10.4. The van der Waals surface area contributed by atoms with Crippen molar-refractivity contribution < 1.29 is 9.72 Å². The molecule has 0 heterocycles. The van der Waals surface area contributed by atoms with E-state index in [2.05, 4.69) is 5.32 Å². The lowest BCUT2D eigenvalue weighted by Gasteiger charge is -2.00. The summed E-state index contributed by atoms with van der Waals surface area (Å²) >= 11 is 0. The van der Waals surface area contributed by atoms with E-state index in [1.807, 2.05) is 0 Å². The molecule has 0 saturated heterocycles. The van der Waals surface area contributed by atoms with E-state index >= 15 is 0 Å². The fraction of sp³-hybridized carbons (Fsp3) is 0.125. The topological polar surface area (TPSA) is 72.2 Å². The number of rotatable bonds is 3. The number of hydrogen-bond donors (Lipinski definition) is 1. The average Bonchev–Trinajstić information content (AvgIpc) is 2.04. The molecule has 0 bridgehead atoms. The lowest BCUT2D eigenvalue weighted by Crippen LogP contribution is -1.96. The lowest BCUT2D eigenvalue weighted by molar-refractivity contribution is -0.385. The molecule has 0 spiro atoms. The minimum atomic E-state index is -0.458. The summed E-state index contributed by atoms with van der Waals surface area (Å²) in [6.07, 6.45) is 0.528. The normalized spacial score (nSPS) is 9.31. The predicted molar refractivity (Wildman–Crippen MR) is 47.5 cm³/mol. The molecule has 1 N–H and O–H groups in total. The van der Waals surface area contributed by atoms with Crippen molar-refractivity contribution in [3.8, 4) is 0 Å². The number of nitro benzene ring substituents is 1. The van der Waals surface area contributed by atoms with Crippen LogP contribution >= 0.6 is 0 Å². The second-order valence-electron chi connectivity index (χ2n) is 2.52. The van der Waals surface area contributed by atoms with Crippen LogP contribution in [-0.4, -0.2) is 11.3 Å². The van der Waals surface area contributed by atoms with Gasteiger partial charge in [0.15, 0.2) is 0 Å². The fourth-order valence-corrected chi connectivity index (χ4v) is 1.02. The first kappa shape index (κ1) is 9.18. The number of carbonyl (C=O) groups excluding carboxylic acids is 1. The third-order valence-electron chi connectivity index (χ3n) is 1.62. The monoisotopic (exact) mass is 180 g/mol. The highest BCUT2D eigenvalue weighted by Crippen LogP contribution is 2.20. The Morgan fingerprint density at radius 1 is 1.54 bits per heavy atom. The molecule has 68 valence electrons. The zero-order valence-electron chi connectivity index (χ0n) is 6.98. The van der Waals surface area contributed by atoms with Crippen LogP contribution in [0.4, 0.5) is 11.4 Å². The van der Waals surface area contributed by atoms with Gasteiger partial charge < -0.3 is 5.32 Å². The van der Waals surface area contributed by atoms with Crippen LogP contribution in [0.2, 0.25) is 0 Å². The van der Waals surface area contributed by atoms with Gasteiger partial charge in [0.25, 0.3) is 5.69 Å². The number of nitrogens with zero attached hydrogens (tertiary/aromatic N) is 1. The second kappa shape index (κ2) is 3.66. The van der Waals surface area contributed by atoms with Crippen molar-refractivity contribution >= 4 is 17.8 Å². The zero-order chi connectivity index (χ0) is 9.84. The summed E-state index contributed by atoms with van der Waals surface area (Å²) in [5.41, 5.74) is 1.13. The van der Waals surface area contributed by atoms with Crippen LogP contribution in [0.5, 0.6) is 0 Å². The van der Waals surface area contributed by atoms with Crippen LogP contribution in [0.15, 0.2) is 18.2 Å². The minimum absolute atomic E-state index is 0.0523. The first-order chi connectivity index (χ1) is 6.15. The van der Waals surface area contributed by atoms with Gasteiger partial charge in [-0.3, -0.25) is 14.9 Å². The quantitative estimate of drug-likeness (QED) is 0.435. The average molecular weight is 180 g/mol. The van der Waals surface area contributed by atoms with Gasteiger partial charge in [0.2, 0.25) is 6.41 Å². The third-order valence-corrected chi connectivity index (χ3v) is 1.62. The summed E-state index contributed by atoms with van der Waals surface area (Å²) in [4.78, 5) is 20.0. The van der Waals surface area contributed by atoms with Crippen molar-refractivity contribution in [3.05, 3.63) is 33.9 Å². The van der Waals surface area contributed by atoms with Crippen LogP contribution in [0.1, 0.15) is 5.56 Å². The molecule has 1 rings (SSSR count). The number of hydrogen-bond acceptors (Lipinski definition) is 3. The number of nitrogens with one attached hydrogen (secondary N) is 1. The Balaban J connectivity index is 3.05. The first-order valence-corrected chi connectivity index (χ1v) is 3.60. The van der Waals surface area contributed by atoms with Crippen molar-refractivity contribution in [2.24, 2.45) is 0 Å². The molecule has 13 heavy (non-hydrogen) atoms. The number of carbonyl (C=O) groups is 1. The summed E-state index contributed by atoms with van der Waals surface area (Å²) in [5.74, 6) is 0. The second-order valence-corrected chi connectivity index (χ2v) is 2.52. The van der Waals surface area contributed by atoms with Crippen LogP contribution in [-0.2, 0) is 4.79 Å². The van der Waals surface area contributed by atoms with E-state index in [4.69, 9.17) is 0 Å². The molecular formula is C8H8N2O3. The van der Waals surface area contributed by atoms with Gasteiger partial charge in [0.1, 0.15) is 0 Å². The maximum atomic E-state index is 10.4. The zero-order valence-corrected chi connectivity index (χ0v) is 6.98. The molecule has 0 unspecified atom stereocenters. The largest absolute Gasteiger partial charge is 0.329 e. The fourth-order valence-electron chi connectivity index (χ4n) is 1.02. The van der Waals surface area contributed by atoms with E-state index in [0.717, 1.165) is 0 Å². The highest BCUT2D eigenvalue weighted by molar-refractivity contribution is 5.72. The number of amides is 1. The van der Waals surface area contributed by atoms with E-state index < -0.39 is 4.92 Å². The van der Waals surface area contributed by atoms with Gasteiger partial charge in [-0.25, -0.2) is 0 Å². The van der Waals surface area contributed by atoms with E-state index in [9.17, 15) is 14.9 Å². The van der Waals surface area contributed by atoms with Gasteiger partial charge in [0, 0.05) is 17.3 Å². The van der Waals surface area contributed by atoms with Gasteiger partial charge in [-0.1, -0.05) is 0 Å². The molecule has 5 heteroatoms. The Morgan fingerprint density at radius 3 is 2.69 bits per heavy atom. The molecule has 0 aliphatic rings. The molecule has 5 nitrogen and oxygen atoms in total. The molecule has 0 fully saturated rings. The SMILES string of the molecule is Cc1cc(NC=O)ccc1[N+](=O)[O-]. The number of benzene rings is 1. The summed E-state index contributed by atoms with van der Waals surface area (Å²) < 4.78 is 0. The van der Waals surface area contributed by atoms with Crippen molar-refractivity contribution in [2.75, 3.05) is 5.32 Å². The summed E-state index contributed by atoms with van der Waals surface area (Å²) in [6.45, 7) is 1.62. The predicted octanol–water partition coefficient (Wildman–Crippen LogP) is 1.47. The highest BCUT2D eigenvalue weighted by atomic mass is 16.6. The van der Waals surface area contributed by atoms with Gasteiger partial charge in [-0.05, 0) is 19.1 Å². The molecule has 0 aliphatic heterocycles. The van der Waals surface area contributed by atoms with Gasteiger partial charge in [-0.2, -0.15) is 0 Å². The standard InChI is InChI=1S/C8H8N2O3/c1-6-4-7(9-5-11)2-3-8(6)10(12)13/h2-5H,1H3,(H,9,11). The van der Waals surface area contributed by atoms with Crippen LogP contribution in [0.25, 0.3) is 0 Å². The molecule has 1 aromatic carbocycles. The summed E-state index contributed by atoms with van der Waals surface area (Å²) in [6, 6.07) is 4.40. The molecule has 1 amide bonds. The highest BCUT2D eigenvalue weighted by Gasteiger charge is 2.09. The Kier molecular flexibility index (Phi) is 2.59. The van der Waals surface area contributed by atoms with Crippen molar-refractivity contribution in [1.29, 1.82) is 0 Å². The summed E-state index contributed by atoms with van der Waals surface area (Å²) in [7, 11) is 0. The minimum Gasteiger partial charge on any atom is -0.329 e. The Morgan fingerprint density at radius 2 is 2.23 bits per heavy atom. The molecule has 0 radical (unpaired) electrons. The molecule has 1 aromatic rings. The molecular weight excluding hydrogens is 172 g/mol. The third kappa shape index (κ3) is 2.02. The molecule has 0 atom stereocenters. The van der Waals surface area contributed by atoms with Crippen LogP contribution < -0.4 is 5.32 Å². The van der Waals surface area contributed by atoms with Crippen LogP contribution in [0.3, 0.4) is 0 Å². The first-order valence-electron chi connectivity index (χ1n) is 3.60. The Labute approximate surface area is 74.5 Å². The Bertz CT molecular complexity index is 349. The summed E-state index contributed by atoms with van der Waals surface area (Å²) in [5, 5.41) is 12.8. The molecule has 0 saturated carbocycles. The van der Waals surface area contributed by atoms with Crippen molar-refractivity contribution in [1.82, 2.24) is 0 Å². The van der Waals surface area contributed by atoms with Gasteiger partial charge in [0.05, 0.1) is 4.92 Å². The molecule has 0 aliphatic carbocycles. The number of anilines is 1. The number of nitro groups is 1. The van der Waals surface area contributed by atoms with E-state index in [1.54, 1.807) is 13.0 Å². The Hall–Kier alpha value is -1.91. The van der Waals surface area contributed by atoms with E-state index in [1.165, 1.54) is 12.1 Å². The van der Waals surface area contributed by atoms with E-state index in [0.29, 0.717) is 17.7 Å². The van der Waals surface area contributed by atoms with Gasteiger partial charge >= 0.3 is 0 Å². The number of aryl methyl sites for hydroxylation is 1. The van der Waals surface area contributed by atoms with Crippen LogP contribution in [0, 0.1) is 17.0 Å². The smallest absolute Gasteiger partial charge is 0.272 e. The van der Waals surface area contributed by atoms with Crippen molar-refractivity contribution in [2.45, 2.75) is 6.92 Å².